The fourth-order valence-corrected chi connectivity index (χ4v) is 5.21. The number of hydrogen-bond donors (Lipinski definition) is 0. The lowest BCUT2D eigenvalue weighted by Crippen LogP contribution is -2.20. The number of aromatic nitrogens is 1. The van der Waals surface area contributed by atoms with Gasteiger partial charge in [0.2, 0.25) is 0 Å². The highest BCUT2D eigenvalue weighted by atomic mass is 16.5. The first-order chi connectivity index (χ1) is 16.7. The normalized spacial score (nSPS) is 14.2. The van der Waals surface area contributed by atoms with Crippen LogP contribution >= 0.6 is 0 Å². The molecule has 0 spiro atoms. The van der Waals surface area contributed by atoms with E-state index >= 15 is 0 Å². The molecule has 0 N–H and O–H groups in total. The first-order valence-corrected chi connectivity index (χ1v) is 11.9. The van der Waals surface area contributed by atoms with Crippen molar-refractivity contribution in [1.82, 2.24) is 4.57 Å². The Morgan fingerprint density at radius 1 is 0.706 bits per heavy atom. The van der Waals surface area contributed by atoms with Crippen molar-refractivity contribution < 1.29 is 4.74 Å². The molecule has 0 bridgehead atoms. The average Bonchev–Trinajstić information content (AvgIpc) is 3.17. The highest BCUT2D eigenvalue weighted by Crippen LogP contribution is 2.50. The van der Waals surface area contributed by atoms with Crippen molar-refractivity contribution in [2.45, 2.75) is 26.5 Å². The molecule has 0 aliphatic carbocycles. The first kappa shape index (κ1) is 20.6. The Morgan fingerprint density at radius 2 is 1.35 bits per heavy atom. The topological polar surface area (TPSA) is 14.2 Å². The molecular weight excluding hydrogens is 414 g/mol. The summed E-state index contributed by atoms with van der Waals surface area (Å²) >= 11 is 0. The summed E-state index contributed by atoms with van der Waals surface area (Å²) in [6, 6.07) is 38.7. The first-order valence-electron chi connectivity index (χ1n) is 11.9. The predicted octanol–water partition coefficient (Wildman–Crippen LogP) is 7.97. The van der Waals surface area contributed by atoms with Crippen LogP contribution in [0.4, 0.5) is 0 Å². The molecule has 6 rings (SSSR count). The third-order valence-electron chi connectivity index (χ3n) is 6.81. The molecule has 5 aromatic rings. The van der Waals surface area contributed by atoms with Gasteiger partial charge >= 0.3 is 0 Å². The number of hydrogen-bond acceptors (Lipinski definition) is 1. The Hall–Kier alpha value is -4.04. The maximum absolute atomic E-state index is 6.75. The van der Waals surface area contributed by atoms with Gasteiger partial charge in [-0.25, -0.2) is 0 Å². The zero-order valence-electron chi connectivity index (χ0n) is 19.5. The fraction of sp³-hybridized carbons (Fsp3) is 0.125. The van der Waals surface area contributed by atoms with Crippen molar-refractivity contribution in [3.05, 3.63) is 137 Å². The van der Waals surface area contributed by atoms with Gasteiger partial charge in [-0.05, 0) is 42.2 Å². The van der Waals surface area contributed by atoms with E-state index < -0.39 is 0 Å². The Morgan fingerprint density at radius 3 is 2.09 bits per heavy atom. The van der Waals surface area contributed by atoms with Crippen LogP contribution in [0.3, 0.4) is 0 Å². The van der Waals surface area contributed by atoms with Crippen LogP contribution in [-0.4, -0.2) is 4.57 Å². The Kier molecular flexibility index (Phi) is 5.07. The third-order valence-corrected chi connectivity index (χ3v) is 6.81. The fourth-order valence-electron chi connectivity index (χ4n) is 5.21. The van der Waals surface area contributed by atoms with Crippen LogP contribution < -0.4 is 4.74 Å². The van der Waals surface area contributed by atoms with Crippen LogP contribution in [-0.2, 0) is 6.54 Å². The van der Waals surface area contributed by atoms with Crippen LogP contribution in [0, 0.1) is 13.8 Å². The van der Waals surface area contributed by atoms with E-state index in [-0.39, 0.29) is 6.10 Å². The van der Waals surface area contributed by atoms with Gasteiger partial charge in [0.05, 0.1) is 11.4 Å². The zero-order chi connectivity index (χ0) is 23.1. The number of fused-ring (bicyclic) bond motifs is 3. The van der Waals surface area contributed by atoms with Gasteiger partial charge in [-0.2, -0.15) is 0 Å². The molecule has 2 nitrogen and oxygen atoms in total. The molecule has 4 aromatic carbocycles. The van der Waals surface area contributed by atoms with Crippen LogP contribution in [0.5, 0.6) is 5.75 Å². The zero-order valence-corrected chi connectivity index (χ0v) is 19.5. The molecule has 0 amide bonds. The summed E-state index contributed by atoms with van der Waals surface area (Å²) in [6.45, 7) is 5.17. The van der Waals surface area contributed by atoms with E-state index in [2.05, 4.69) is 128 Å². The summed E-state index contributed by atoms with van der Waals surface area (Å²) in [7, 11) is 0. The van der Waals surface area contributed by atoms with Gasteiger partial charge in [0.1, 0.15) is 5.75 Å². The smallest absolute Gasteiger partial charge is 0.164 e. The molecule has 2 heterocycles. The summed E-state index contributed by atoms with van der Waals surface area (Å²) < 4.78 is 9.23. The van der Waals surface area contributed by atoms with Gasteiger partial charge in [0.25, 0.3) is 0 Å². The van der Waals surface area contributed by atoms with E-state index in [0.717, 1.165) is 12.3 Å². The van der Waals surface area contributed by atoms with Gasteiger partial charge in [-0.15, -0.1) is 0 Å². The Balaban J connectivity index is 1.67. The second-order valence-corrected chi connectivity index (χ2v) is 9.08. The van der Waals surface area contributed by atoms with Crippen molar-refractivity contribution in [3.63, 3.8) is 0 Å². The van der Waals surface area contributed by atoms with Gasteiger partial charge in [-0.1, -0.05) is 109 Å². The SMILES string of the molecule is Cc1ccc([C@H]2Oc3ccccc3-c3c(C)c(-c4ccccc4)n(Cc4ccccc4)c32)cc1. The maximum atomic E-state index is 6.75. The second kappa shape index (κ2) is 8.39. The van der Waals surface area contributed by atoms with E-state index in [9.17, 15) is 0 Å². The molecular formula is C32H27NO. The largest absolute Gasteiger partial charge is 0.479 e. The van der Waals surface area contributed by atoms with Crippen LogP contribution in [0.25, 0.3) is 22.4 Å². The summed E-state index contributed by atoms with van der Waals surface area (Å²) in [5.74, 6) is 0.945. The van der Waals surface area contributed by atoms with Crippen LogP contribution in [0.1, 0.15) is 34.1 Å². The van der Waals surface area contributed by atoms with Crippen LogP contribution in [0.15, 0.2) is 109 Å². The maximum Gasteiger partial charge on any atom is 0.164 e. The molecule has 1 atom stereocenters. The Bertz CT molecular complexity index is 1450. The number of rotatable bonds is 4. The lowest BCUT2D eigenvalue weighted by Gasteiger charge is -2.29. The molecule has 1 aliphatic rings. The minimum absolute atomic E-state index is 0.176. The minimum Gasteiger partial charge on any atom is -0.479 e. The number of ether oxygens (including phenoxy) is 1. The molecule has 2 heteroatoms. The van der Waals surface area contributed by atoms with E-state index in [1.165, 1.54) is 50.3 Å². The van der Waals surface area contributed by atoms with Crippen molar-refractivity contribution in [3.8, 4) is 28.1 Å². The quantitative estimate of drug-likeness (QED) is 0.276. The van der Waals surface area contributed by atoms with Crippen molar-refractivity contribution in [2.24, 2.45) is 0 Å². The van der Waals surface area contributed by atoms with Crippen LogP contribution in [0.2, 0.25) is 0 Å². The summed E-state index contributed by atoms with van der Waals surface area (Å²) in [6.07, 6.45) is -0.176. The van der Waals surface area contributed by atoms with E-state index in [1.54, 1.807) is 0 Å². The van der Waals surface area contributed by atoms with Gasteiger partial charge in [0.15, 0.2) is 6.10 Å². The number of nitrogens with zero attached hydrogens (tertiary/aromatic N) is 1. The molecule has 0 unspecified atom stereocenters. The lowest BCUT2D eigenvalue weighted by molar-refractivity contribution is 0.234. The number of para-hydroxylation sites is 1. The Labute approximate surface area is 201 Å². The van der Waals surface area contributed by atoms with Gasteiger partial charge in [-0.3, -0.25) is 0 Å². The summed E-state index contributed by atoms with van der Waals surface area (Å²) in [4.78, 5) is 0. The van der Waals surface area contributed by atoms with E-state index in [0.29, 0.717) is 0 Å². The average molecular weight is 442 g/mol. The highest BCUT2D eigenvalue weighted by molar-refractivity contribution is 5.85. The van der Waals surface area contributed by atoms with Crippen molar-refractivity contribution in [1.29, 1.82) is 0 Å². The van der Waals surface area contributed by atoms with Gasteiger partial charge < -0.3 is 9.30 Å². The van der Waals surface area contributed by atoms with Crippen molar-refractivity contribution >= 4 is 0 Å². The van der Waals surface area contributed by atoms with Crippen molar-refractivity contribution in [2.75, 3.05) is 0 Å². The molecule has 1 aromatic heterocycles. The second-order valence-electron chi connectivity index (χ2n) is 9.08. The van der Waals surface area contributed by atoms with Gasteiger partial charge in [0, 0.05) is 17.7 Å². The molecule has 34 heavy (non-hydrogen) atoms. The number of benzene rings is 4. The summed E-state index contributed by atoms with van der Waals surface area (Å²) in [5.41, 5.74) is 11.2. The minimum atomic E-state index is -0.176. The molecule has 0 radical (unpaired) electrons. The predicted molar refractivity (Wildman–Crippen MR) is 139 cm³/mol. The summed E-state index contributed by atoms with van der Waals surface area (Å²) in [5, 5.41) is 0. The molecule has 166 valence electrons. The molecule has 1 aliphatic heterocycles. The lowest BCUT2D eigenvalue weighted by atomic mass is 9.92. The third kappa shape index (κ3) is 3.43. The number of aryl methyl sites for hydroxylation is 1. The highest BCUT2D eigenvalue weighted by Gasteiger charge is 2.35. The van der Waals surface area contributed by atoms with E-state index in [1.807, 2.05) is 0 Å². The molecule has 0 saturated carbocycles. The molecule has 0 fully saturated rings. The standard InChI is InChI=1S/C32H27NO/c1-22-17-19-26(20-18-22)32-31-29(27-15-9-10-16-28(27)34-32)23(2)30(25-13-7-4-8-14-25)33(31)21-24-11-5-3-6-12-24/h3-20,32H,21H2,1-2H3/t32-/m1/s1. The van der Waals surface area contributed by atoms with E-state index in [4.69, 9.17) is 4.74 Å². The monoisotopic (exact) mass is 441 g/mol. The molecule has 0 saturated heterocycles.